The average Bonchev–Trinajstić information content (AvgIpc) is 2.99. The van der Waals surface area contributed by atoms with Gasteiger partial charge in [-0.3, -0.25) is 4.79 Å². The van der Waals surface area contributed by atoms with Crippen molar-refractivity contribution in [3.8, 4) is 11.3 Å². The number of oxazole rings is 1. The number of rotatable bonds is 3. The summed E-state index contributed by atoms with van der Waals surface area (Å²) in [5.74, 6) is 0.101. The Morgan fingerprint density at radius 1 is 1.27 bits per heavy atom. The van der Waals surface area contributed by atoms with Crippen LogP contribution in [0.15, 0.2) is 35.1 Å². The van der Waals surface area contributed by atoms with Gasteiger partial charge in [0.2, 0.25) is 0 Å². The molecule has 1 aromatic carbocycles. The molecule has 5 nitrogen and oxygen atoms in total. The van der Waals surface area contributed by atoms with E-state index in [-0.39, 0.29) is 23.7 Å². The monoisotopic (exact) mass is 320 g/mol. The predicted molar refractivity (Wildman–Crippen MR) is 82.7 cm³/mol. The number of aliphatic hydroxyl groups is 1. The Balaban J connectivity index is 1.77. The summed E-state index contributed by atoms with van der Waals surface area (Å²) in [4.78, 5) is 16.4. The Kier molecular flexibility index (Phi) is 4.45. The minimum atomic E-state index is -0.273. The van der Waals surface area contributed by atoms with Gasteiger partial charge in [0.05, 0.1) is 11.1 Å². The molecule has 1 aliphatic carbocycles. The molecule has 1 saturated carbocycles. The van der Waals surface area contributed by atoms with Crippen LogP contribution in [0.3, 0.4) is 0 Å². The Morgan fingerprint density at radius 3 is 2.73 bits per heavy atom. The molecule has 0 radical (unpaired) electrons. The van der Waals surface area contributed by atoms with Crippen molar-refractivity contribution in [1.82, 2.24) is 10.3 Å². The van der Waals surface area contributed by atoms with Gasteiger partial charge in [-0.25, -0.2) is 4.98 Å². The minimum Gasteiger partial charge on any atom is -0.443 e. The lowest BCUT2D eigenvalue weighted by molar-refractivity contribution is 0.0864. The minimum absolute atomic E-state index is 0.0618. The van der Waals surface area contributed by atoms with Crippen molar-refractivity contribution in [3.63, 3.8) is 0 Å². The fraction of sp³-hybridized carbons (Fsp3) is 0.375. The first-order valence-electron chi connectivity index (χ1n) is 7.32. The highest BCUT2D eigenvalue weighted by molar-refractivity contribution is 6.33. The summed E-state index contributed by atoms with van der Waals surface area (Å²) in [5.41, 5.74) is 0.880. The summed E-state index contributed by atoms with van der Waals surface area (Å²) in [7, 11) is 0. The number of aliphatic hydroxyl groups excluding tert-OH is 1. The van der Waals surface area contributed by atoms with Gasteiger partial charge in [0.1, 0.15) is 0 Å². The summed E-state index contributed by atoms with van der Waals surface area (Å²) in [6.45, 7) is 0. The molecule has 3 rings (SSSR count). The molecule has 1 amide bonds. The second-order valence-electron chi connectivity index (χ2n) is 5.49. The van der Waals surface area contributed by atoms with Crippen molar-refractivity contribution in [2.24, 2.45) is 0 Å². The molecule has 1 aliphatic rings. The summed E-state index contributed by atoms with van der Waals surface area (Å²) in [6.07, 6.45) is 3.96. The van der Waals surface area contributed by atoms with E-state index >= 15 is 0 Å². The zero-order chi connectivity index (χ0) is 15.5. The van der Waals surface area contributed by atoms with Crippen LogP contribution in [0.25, 0.3) is 11.3 Å². The molecular weight excluding hydrogens is 304 g/mol. The maximum atomic E-state index is 12.4. The van der Waals surface area contributed by atoms with Crippen LogP contribution in [0, 0.1) is 0 Å². The van der Waals surface area contributed by atoms with Crippen molar-refractivity contribution in [2.45, 2.75) is 37.8 Å². The van der Waals surface area contributed by atoms with Crippen molar-refractivity contribution in [3.05, 3.63) is 41.4 Å². The number of hydrogen-bond acceptors (Lipinski definition) is 4. The van der Waals surface area contributed by atoms with Crippen LogP contribution >= 0.6 is 11.6 Å². The third-order valence-corrected chi connectivity index (χ3v) is 4.26. The number of hydrogen-bond donors (Lipinski definition) is 2. The van der Waals surface area contributed by atoms with Crippen LogP contribution in [0.5, 0.6) is 0 Å². The van der Waals surface area contributed by atoms with Crippen LogP contribution in [0.1, 0.15) is 36.2 Å². The largest absolute Gasteiger partial charge is 0.443 e. The molecule has 6 heteroatoms. The lowest BCUT2D eigenvalue weighted by atomic mass is 9.93. The molecule has 0 atom stereocenters. The zero-order valence-electron chi connectivity index (χ0n) is 12.0. The highest BCUT2D eigenvalue weighted by atomic mass is 35.5. The zero-order valence-corrected chi connectivity index (χ0v) is 12.7. The summed E-state index contributed by atoms with van der Waals surface area (Å²) in [6, 6.07) is 7.23. The van der Waals surface area contributed by atoms with E-state index in [4.69, 9.17) is 16.0 Å². The maximum Gasteiger partial charge on any atom is 0.274 e. The maximum absolute atomic E-state index is 12.4. The molecule has 0 saturated heterocycles. The van der Waals surface area contributed by atoms with Gasteiger partial charge in [-0.05, 0) is 37.8 Å². The smallest absolute Gasteiger partial charge is 0.274 e. The van der Waals surface area contributed by atoms with Crippen molar-refractivity contribution < 1.29 is 14.3 Å². The van der Waals surface area contributed by atoms with Crippen molar-refractivity contribution in [2.75, 3.05) is 0 Å². The molecular formula is C16H17ClN2O3. The predicted octanol–water partition coefficient (Wildman–Crippen LogP) is 3.03. The first kappa shape index (κ1) is 15.1. The molecule has 22 heavy (non-hydrogen) atoms. The Morgan fingerprint density at radius 2 is 2.00 bits per heavy atom. The number of aromatic nitrogens is 1. The van der Waals surface area contributed by atoms with Gasteiger partial charge in [-0.15, -0.1) is 0 Å². The number of amides is 1. The molecule has 116 valence electrons. The standard InChI is InChI=1S/C16H17ClN2O3/c17-13-4-2-1-3-12(13)15-14(18-9-22-15)16(21)19-10-5-7-11(20)8-6-10/h1-4,9-11,20H,5-8H2,(H,19,21). The second-order valence-corrected chi connectivity index (χ2v) is 5.90. The summed E-state index contributed by atoms with van der Waals surface area (Å²) in [5, 5.41) is 13.0. The Hall–Kier alpha value is -1.85. The number of benzene rings is 1. The Bertz CT molecular complexity index is 663. The highest BCUT2D eigenvalue weighted by Crippen LogP contribution is 2.30. The van der Waals surface area contributed by atoms with Gasteiger partial charge in [-0.1, -0.05) is 23.7 Å². The number of carbonyl (C=O) groups excluding carboxylic acids is 1. The van der Waals surface area contributed by atoms with Gasteiger partial charge in [0.15, 0.2) is 17.8 Å². The van der Waals surface area contributed by atoms with E-state index in [0.717, 1.165) is 12.8 Å². The quantitative estimate of drug-likeness (QED) is 0.911. The molecule has 2 aromatic rings. The highest BCUT2D eigenvalue weighted by Gasteiger charge is 2.25. The van der Waals surface area contributed by atoms with Crippen LogP contribution in [-0.2, 0) is 0 Å². The van der Waals surface area contributed by atoms with Crippen molar-refractivity contribution in [1.29, 1.82) is 0 Å². The number of halogens is 1. The molecule has 1 aromatic heterocycles. The second kappa shape index (κ2) is 6.50. The Labute approximate surface area is 133 Å². The average molecular weight is 321 g/mol. The fourth-order valence-corrected chi connectivity index (χ4v) is 2.94. The molecule has 0 unspecified atom stereocenters. The SMILES string of the molecule is O=C(NC1CCC(O)CC1)c1ncoc1-c1ccccc1Cl. The van der Waals surface area contributed by atoms with E-state index in [1.54, 1.807) is 12.1 Å². The first-order chi connectivity index (χ1) is 10.6. The van der Waals surface area contributed by atoms with E-state index in [0.29, 0.717) is 29.2 Å². The van der Waals surface area contributed by atoms with Gasteiger partial charge in [0.25, 0.3) is 5.91 Å². The van der Waals surface area contributed by atoms with E-state index in [9.17, 15) is 9.90 Å². The molecule has 0 aliphatic heterocycles. The van der Waals surface area contributed by atoms with Crippen LogP contribution in [0.4, 0.5) is 0 Å². The summed E-state index contributed by atoms with van der Waals surface area (Å²) >= 11 is 6.15. The lowest BCUT2D eigenvalue weighted by Crippen LogP contribution is -2.38. The van der Waals surface area contributed by atoms with E-state index in [1.165, 1.54) is 6.39 Å². The van der Waals surface area contributed by atoms with Gasteiger partial charge >= 0.3 is 0 Å². The third-order valence-electron chi connectivity index (χ3n) is 3.93. The van der Waals surface area contributed by atoms with Gasteiger partial charge in [0, 0.05) is 11.6 Å². The lowest BCUT2D eigenvalue weighted by Gasteiger charge is -2.25. The summed E-state index contributed by atoms with van der Waals surface area (Å²) < 4.78 is 5.36. The number of carbonyl (C=O) groups is 1. The van der Waals surface area contributed by atoms with E-state index < -0.39 is 0 Å². The van der Waals surface area contributed by atoms with E-state index in [2.05, 4.69) is 10.3 Å². The fourth-order valence-electron chi connectivity index (χ4n) is 2.72. The third kappa shape index (κ3) is 3.15. The molecule has 0 bridgehead atoms. The molecule has 0 spiro atoms. The van der Waals surface area contributed by atoms with Crippen LogP contribution < -0.4 is 5.32 Å². The van der Waals surface area contributed by atoms with Gasteiger partial charge < -0.3 is 14.8 Å². The molecule has 1 heterocycles. The van der Waals surface area contributed by atoms with Gasteiger partial charge in [-0.2, -0.15) is 0 Å². The van der Waals surface area contributed by atoms with Crippen LogP contribution in [-0.4, -0.2) is 28.1 Å². The molecule has 1 fully saturated rings. The topological polar surface area (TPSA) is 75.4 Å². The number of nitrogens with one attached hydrogen (secondary N) is 1. The van der Waals surface area contributed by atoms with Crippen LogP contribution in [0.2, 0.25) is 5.02 Å². The first-order valence-corrected chi connectivity index (χ1v) is 7.70. The normalized spacial score (nSPS) is 21.5. The van der Waals surface area contributed by atoms with Crippen molar-refractivity contribution >= 4 is 17.5 Å². The number of nitrogens with zero attached hydrogens (tertiary/aromatic N) is 1. The molecule has 2 N–H and O–H groups in total. The van der Waals surface area contributed by atoms with E-state index in [1.807, 2.05) is 12.1 Å².